The largest absolute Gasteiger partial charge is 0.392 e. The van der Waals surface area contributed by atoms with Gasteiger partial charge in [0.05, 0.1) is 12.2 Å². The van der Waals surface area contributed by atoms with Gasteiger partial charge in [0.25, 0.3) is 0 Å². The molecule has 2 aliphatic carbocycles. The Morgan fingerprint density at radius 2 is 1.59 bits per heavy atom. The van der Waals surface area contributed by atoms with Crippen LogP contribution in [0.3, 0.4) is 0 Å². The third-order valence-corrected chi connectivity index (χ3v) is 7.37. The van der Waals surface area contributed by atoms with E-state index in [1.165, 1.54) is 29.2 Å². The Morgan fingerprint density at radius 3 is 2.22 bits per heavy atom. The van der Waals surface area contributed by atoms with Crippen LogP contribution in [0.4, 0.5) is 0 Å². The van der Waals surface area contributed by atoms with Crippen molar-refractivity contribution < 1.29 is 30.3 Å². The summed E-state index contributed by atoms with van der Waals surface area (Å²) >= 11 is 0. The van der Waals surface area contributed by atoms with Crippen LogP contribution in [0.5, 0.6) is 0 Å². The van der Waals surface area contributed by atoms with Gasteiger partial charge in [0.1, 0.15) is 0 Å². The molecule has 2 fully saturated rings. The summed E-state index contributed by atoms with van der Waals surface area (Å²) < 4.78 is 0. The van der Waals surface area contributed by atoms with Crippen molar-refractivity contribution in [2.24, 2.45) is 23.7 Å². The first-order chi connectivity index (χ1) is 15.0. The summed E-state index contributed by atoms with van der Waals surface area (Å²) in [6.45, 7) is 6.31. The Labute approximate surface area is 205 Å². The van der Waals surface area contributed by atoms with Gasteiger partial charge >= 0.3 is 0 Å². The van der Waals surface area contributed by atoms with E-state index in [0.29, 0.717) is 17.8 Å². The SMILES string of the molecule is C[C@H]1CCC2CC[C@H](C)C(O)C2C1O.Cc1ccc2c(-c3[c-]cccc3)nccc2c1.[Ir]. The molecule has 0 saturated heterocycles. The molecule has 0 spiro atoms. The van der Waals surface area contributed by atoms with Gasteiger partial charge in [-0.3, -0.25) is 0 Å². The zero-order valence-corrected chi connectivity index (χ0v) is 21.6. The van der Waals surface area contributed by atoms with Crippen LogP contribution in [-0.4, -0.2) is 27.4 Å². The fourth-order valence-corrected chi connectivity index (χ4v) is 5.40. The Balaban J connectivity index is 0.000000178. The molecule has 3 nitrogen and oxygen atoms in total. The number of hydrogen-bond donors (Lipinski definition) is 2. The van der Waals surface area contributed by atoms with Crippen molar-refractivity contribution in [3.05, 3.63) is 66.4 Å². The maximum atomic E-state index is 10.1. The molecule has 2 aromatic carbocycles. The Kier molecular flexibility index (Phi) is 8.63. The van der Waals surface area contributed by atoms with Crippen LogP contribution in [0.2, 0.25) is 0 Å². The second-order valence-electron chi connectivity index (χ2n) is 9.59. The normalized spacial score (nSPS) is 29.3. The van der Waals surface area contributed by atoms with Gasteiger partial charge in [-0.15, -0.1) is 35.9 Å². The molecule has 4 atom stereocenters. The number of hydrogen-bond acceptors (Lipinski definition) is 3. The Morgan fingerprint density at radius 1 is 0.906 bits per heavy atom. The third kappa shape index (κ3) is 5.31. The van der Waals surface area contributed by atoms with Gasteiger partial charge in [0.2, 0.25) is 0 Å². The van der Waals surface area contributed by atoms with E-state index in [0.717, 1.165) is 24.1 Å². The number of fused-ring (bicyclic) bond motifs is 2. The molecule has 32 heavy (non-hydrogen) atoms. The number of aliphatic hydroxyl groups excluding tert-OH is 2. The van der Waals surface area contributed by atoms with Crippen molar-refractivity contribution in [1.29, 1.82) is 0 Å². The van der Waals surface area contributed by atoms with Crippen molar-refractivity contribution in [3.8, 4) is 11.3 Å². The summed E-state index contributed by atoms with van der Waals surface area (Å²) in [6, 6.07) is 19.7. The maximum Gasteiger partial charge on any atom is 0.0621 e. The number of aliphatic hydroxyl groups is 2. The number of aromatic nitrogens is 1. The van der Waals surface area contributed by atoms with E-state index in [1.54, 1.807) is 0 Å². The molecular weight excluding hydrogens is 575 g/mol. The summed E-state index contributed by atoms with van der Waals surface area (Å²) in [6.07, 6.45) is 5.97. The van der Waals surface area contributed by atoms with Crippen molar-refractivity contribution in [3.63, 3.8) is 0 Å². The second kappa shape index (κ2) is 11.0. The molecule has 0 amide bonds. The van der Waals surface area contributed by atoms with Crippen LogP contribution in [0.15, 0.2) is 54.7 Å². The van der Waals surface area contributed by atoms with E-state index in [1.807, 2.05) is 30.5 Å². The minimum absolute atomic E-state index is 0. The van der Waals surface area contributed by atoms with Gasteiger partial charge in [0, 0.05) is 32.2 Å². The summed E-state index contributed by atoms with van der Waals surface area (Å²) in [5.41, 5.74) is 3.32. The van der Waals surface area contributed by atoms with Crippen LogP contribution in [0.25, 0.3) is 22.0 Å². The van der Waals surface area contributed by atoms with Crippen molar-refractivity contribution in [2.75, 3.05) is 0 Å². The van der Waals surface area contributed by atoms with E-state index in [9.17, 15) is 10.2 Å². The first-order valence-electron chi connectivity index (χ1n) is 11.6. The predicted octanol–water partition coefficient (Wildman–Crippen LogP) is 5.81. The van der Waals surface area contributed by atoms with E-state index >= 15 is 0 Å². The third-order valence-electron chi connectivity index (χ3n) is 7.37. The molecule has 3 aromatic rings. The topological polar surface area (TPSA) is 53.4 Å². The summed E-state index contributed by atoms with van der Waals surface area (Å²) in [5, 5.41) is 22.6. The fourth-order valence-electron chi connectivity index (χ4n) is 5.40. The van der Waals surface area contributed by atoms with Gasteiger partial charge in [-0.25, -0.2) is 0 Å². The zero-order chi connectivity index (χ0) is 22.0. The van der Waals surface area contributed by atoms with Crippen LogP contribution >= 0.6 is 0 Å². The number of aryl methyl sites for hydroxylation is 1. The molecule has 1 heterocycles. The van der Waals surface area contributed by atoms with Gasteiger partial charge in [0.15, 0.2) is 0 Å². The molecule has 2 aliphatic rings. The van der Waals surface area contributed by atoms with Crippen molar-refractivity contribution in [1.82, 2.24) is 4.98 Å². The molecular formula is C28H34IrNO2-. The number of benzene rings is 2. The van der Waals surface area contributed by atoms with Crippen LogP contribution in [0, 0.1) is 36.7 Å². The summed E-state index contributed by atoms with van der Waals surface area (Å²) in [7, 11) is 0. The van der Waals surface area contributed by atoms with Crippen LogP contribution in [0.1, 0.15) is 45.1 Å². The molecule has 173 valence electrons. The molecule has 0 aliphatic heterocycles. The predicted molar refractivity (Wildman–Crippen MR) is 127 cm³/mol. The number of rotatable bonds is 1. The van der Waals surface area contributed by atoms with E-state index < -0.39 is 0 Å². The standard InChI is InChI=1S/C16H12N.C12H22O2.Ir/c1-12-7-8-15-14(11-12)9-10-17-16(15)13-5-3-2-4-6-13;1-7-3-5-9-6-4-8(2)12(14)10(9)11(7)13;/h2-5,7-11H,1H3;7-14H,3-6H2,1-2H3;/q-1;;/t;7-,8-,9?,10?,11?,12?;/m.0./s1. The minimum Gasteiger partial charge on any atom is -0.392 e. The molecule has 2 saturated carbocycles. The van der Waals surface area contributed by atoms with Gasteiger partial charge < -0.3 is 15.2 Å². The first kappa shape index (κ1) is 25.0. The van der Waals surface area contributed by atoms with Crippen molar-refractivity contribution >= 4 is 10.8 Å². The summed E-state index contributed by atoms with van der Waals surface area (Å²) in [5.74, 6) is 1.47. The average molecular weight is 609 g/mol. The van der Waals surface area contributed by atoms with E-state index in [2.05, 4.69) is 56.1 Å². The van der Waals surface area contributed by atoms with E-state index in [-0.39, 0.29) is 38.2 Å². The molecule has 2 unspecified atom stereocenters. The maximum absolute atomic E-state index is 10.1. The fraction of sp³-hybridized carbons (Fsp3) is 0.464. The van der Waals surface area contributed by atoms with Gasteiger partial charge in [-0.1, -0.05) is 37.6 Å². The zero-order valence-electron chi connectivity index (χ0n) is 19.2. The second-order valence-corrected chi connectivity index (χ2v) is 9.59. The first-order valence-corrected chi connectivity index (χ1v) is 11.6. The molecule has 1 radical (unpaired) electrons. The minimum atomic E-state index is -0.272. The monoisotopic (exact) mass is 609 g/mol. The Hall–Kier alpha value is -1.58. The van der Waals surface area contributed by atoms with Gasteiger partial charge in [-0.2, -0.15) is 0 Å². The summed E-state index contributed by atoms with van der Waals surface area (Å²) in [4.78, 5) is 4.48. The van der Waals surface area contributed by atoms with Crippen LogP contribution < -0.4 is 0 Å². The quantitative estimate of drug-likeness (QED) is 0.343. The van der Waals surface area contributed by atoms with Gasteiger partial charge in [-0.05, 0) is 72.9 Å². The Bertz CT molecular complexity index is 986. The molecule has 1 aromatic heterocycles. The van der Waals surface area contributed by atoms with E-state index in [4.69, 9.17) is 0 Å². The molecule has 5 rings (SSSR count). The molecule has 0 bridgehead atoms. The smallest absolute Gasteiger partial charge is 0.0621 e. The number of pyridine rings is 1. The number of nitrogens with zero attached hydrogens (tertiary/aromatic N) is 1. The molecule has 2 N–H and O–H groups in total. The molecule has 4 heteroatoms. The van der Waals surface area contributed by atoms with Crippen molar-refractivity contribution in [2.45, 2.75) is 58.7 Å². The average Bonchev–Trinajstić information content (AvgIpc) is 2.79. The van der Waals surface area contributed by atoms with Crippen LogP contribution in [-0.2, 0) is 20.1 Å².